The summed E-state index contributed by atoms with van der Waals surface area (Å²) < 4.78 is 5.37. The number of carbonyl (C=O) groups is 3. The molecule has 0 unspecified atom stereocenters. The molecule has 2 N–H and O–H groups in total. The van der Waals surface area contributed by atoms with Crippen molar-refractivity contribution in [3.8, 4) is 5.75 Å². The monoisotopic (exact) mass is 600 g/mol. The molecule has 0 aliphatic rings. The molecule has 0 aliphatic heterocycles. The molecule has 4 rings (SSSR count). The SMILES string of the molecule is CN(C)c1ccc(/C=C(\NC(=O)c2ccccc2)C(=O)N/N=C\c2ccc(OC(=O)c3ccc(Cl)cc3Cl)cc2)cc1. The number of carbonyl (C=O) groups excluding carboxylic acids is 3. The Kier molecular flexibility index (Phi) is 10.1. The van der Waals surface area contributed by atoms with Crippen LogP contribution in [0.5, 0.6) is 5.75 Å². The Balaban J connectivity index is 1.44. The zero-order valence-electron chi connectivity index (χ0n) is 22.7. The Morgan fingerprint density at radius 1 is 0.833 bits per heavy atom. The lowest BCUT2D eigenvalue weighted by atomic mass is 10.1. The number of esters is 1. The smallest absolute Gasteiger partial charge is 0.345 e. The first-order chi connectivity index (χ1) is 20.2. The van der Waals surface area contributed by atoms with Gasteiger partial charge in [-0.25, -0.2) is 10.2 Å². The van der Waals surface area contributed by atoms with Gasteiger partial charge < -0.3 is 15.0 Å². The molecule has 0 saturated heterocycles. The van der Waals surface area contributed by atoms with Gasteiger partial charge in [-0.05, 0) is 83.9 Å². The third-order valence-electron chi connectivity index (χ3n) is 5.87. The molecule has 42 heavy (non-hydrogen) atoms. The minimum absolute atomic E-state index is 0.0155. The Hall–Kier alpha value is -4.92. The normalized spacial score (nSPS) is 11.2. The van der Waals surface area contributed by atoms with E-state index in [9.17, 15) is 14.4 Å². The van der Waals surface area contributed by atoms with Crippen LogP contribution >= 0.6 is 23.2 Å². The van der Waals surface area contributed by atoms with Crippen molar-refractivity contribution in [1.29, 1.82) is 0 Å². The van der Waals surface area contributed by atoms with Crippen molar-refractivity contribution >= 4 is 59.0 Å². The highest BCUT2D eigenvalue weighted by Gasteiger charge is 2.15. The minimum Gasteiger partial charge on any atom is -0.423 e. The van der Waals surface area contributed by atoms with Crippen molar-refractivity contribution in [3.05, 3.63) is 135 Å². The highest BCUT2D eigenvalue weighted by molar-refractivity contribution is 6.36. The van der Waals surface area contributed by atoms with Crippen molar-refractivity contribution in [3.63, 3.8) is 0 Å². The summed E-state index contributed by atoms with van der Waals surface area (Å²) in [6.07, 6.45) is 2.99. The van der Waals surface area contributed by atoms with Gasteiger partial charge >= 0.3 is 5.97 Å². The standard InChI is InChI=1S/C32H26Cl2N4O4/c1-38(2)25-13-8-21(9-14-25)18-29(36-30(39)23-6-4-3-5-7-23)31(40)37-35-20-22-10-15-26(16-11-22)42-32(41)27-17-12-24(33)19-28(27)34/h3-20H,1-2H3,(H,36,39)(H,37,40)/b29-18-,35-20-. The molecule has 0 fully saturated rings. The van der Waals surface area contributed by atoms with Gasteiger partial charge in [0.1, 0.15) is 11.4 Å². The van der Waals surface area contributed by atoms with E-state index in [-0.39, 0.29) is 16.3 Å². The summed E-state index contributed by atoms with van der Waals surface area (Å²) in [5.74, 6) is -1.38. The van der Waals surface area contributed by atoms with Crippen molar-refractivity contribution < 1.29 is 19.1 Å². The van der Waals surface area contributed by atoms with Crippen LogP contribution in [-0.2, 0) is 4.79 Å². The van der Waals surface area contributed by atoms with E-state index in [2.05, 4.69) is 15.8 Å². The van der Waals surface area contributed by atoms with Crippen molar-refractivity contribution in [2.24, 2.45) is 5.10 Å². The molecule has 0 heterocycles. The van der Waals surface area contributed by atoms with Gasteiger partial charge in [0.25, 0.3) is 11.8 Å². The van der Waals surface area contributed by atoms with E-state index in [1.54, 1.807) is 66.7 Å². The highest BCUT2D eigenvalue weighted by atomic mass is 35.5. The van der Waals surface area contributed by atoms with Crippen molar-refractivity contribution in [2.75, 3.05) is 19.0 Å². The fourth-order valence-electron chi connectivity index (χ4n) is 3.64. The van der Waals surface area contributed by atoms with Crippen LogP contribution in [0.15, 0.2) is 108 Å². The number of hydrogen-bond donors (Lipinski definition) is 2. The molecule has 10 heteroatoms. The van der Waals surface area contributed by atoms with Gasteiger partial charge in [-0.15, -0.1) is 0 Å². The lowest BCUT2D eigenvalue weighted by molar-refractivity contribution is -0.117. The number of nitrogens with zero attached hydrogens (tertiary/aromatic N) is 2. The number of hydrogen-bond acceptors (Lipinski definition) is 6. The molecule has 0 bridgehead atoms. The molecule has 0 spiro atoms. The van der Waals surface area contributed by atoms with Crippen LogP contribution in [0, 0.1) is 0 Å². The first-order valence-corrected chi connectivity index (χ1v) is 13.4. The minimum atomic E-state index is -0.626. The highest BCUT2D eigenvalue weighted by Crippen LogP contribution is 2.23. The van der Waals surface area contributed by atoms with Crippen LogP contribution in [0.3, 0.4) is 0 Å². The fourth-order valence-corrected chi connectivity index (χ4v) is 4.13. The molecule has 0 aromatic heterocycles. The molecule has 4 aromatic rings. The third-order valence-corrected chi connectivity index (χ3v) is 6.42. The summed E-state index contributed by atoms with van der Waals surface area (Å²) in [5.41, 5.74) is 5.38. The van der Waals surface area contributed by atoms with Crippen molar-refractivity contribution in [1.82, 2.24) is 10.7 Å². The zero-order chi connectivity index (χ0) is 30.1. The Morgan fingerprint density at radius 2 is 1.50 bits per heavy atom. The largest absolute Gasteiger partial charge is 0.423 e. The summed E-state index contributed by atoms with van der Waals surface area (Å²) in [4.78, 5) is 40.2. The van der Waals surface area contributed by atoms with Crippen LogP contribution < -0.4 is 20.4 Å². The molecular weight excluding hydrogens is 575 g/mol. The van der Waals surface area contributed by atoms with Gasteiger partial charge in [0.2, 0.25) is 0 Å². The lowest BCUT2D eigenvalue weighted by Crippen LogP contribution is -2.32. The molecule has 8 nitrogen and oxygen atoms in total. The number of rotatable bonds is 9. The topological polar surface area (TPSA) is 100 Å². The number of anilines is 1. The average Bonchev–Trinajstić information content (AvgIpc) is 2.98. The van der Waals surface area contributed by atoms with Crippen LogP contribution in [0.2, 0.25) is 10.0 Å². The van der Waals surface area contributed by atoms with Gasteiger partial charge in [0.15, 0.2) is 0 Å². The zero-order valence-corrected chi connectivity index (χ0v) is 24.2. The summed E-state index contributed by atoms with van der Waals surface area (Å²) >= 11 is 12.0. The van der Waals surface area contributed by atoms with Gasteiger partial charge in [-0.2, -0.15) is 5.10 Å². The summed E-state index contributed by atoms with van der Waals surface area (Å²) in [6, 6.07) is 27.0. The van der Waals surface area contributed by atoms with Crippen LogP contribution in [-0.4, -0.2) is 38.1 Å². The predicted molar refractivity (Wildman–Crippen MR) is 166 cm³/mol. The van der Waals surface area contributed by atoms with E-state index in [4.69, 9.17) is 27.9 Å². The summed E-state index contributed by atoms with van der Waals surface area (Å²) in [5, 5.41) is 7.29. The van der Waals surface area contributed by atoms with Crippen molar-refractivity contribution in [2.45, 2.75) is 0 Å². The maximum absolute atomic E-state index is 13.0. The molecule has 212 valence electrons. The number of ether oxygens (including phenoxy) is 1. The van der Waals surface area contributed by atoms with Crippen LogP contribution in [0.1, 0.15) is 31.8 Å². The van der Waals surface area contributed by atoms with Crippen LogP contribution in [0.25, 0.3) is 6.08 Å². The maximum Gasteiger partial charge on any atom is 0.345 e. The number of nitrogens with one attached hydrogen (secondary N) is 2. The van der Waals surface area contributed by atoms with Gasteiger partial charge in [-0.3, -0.25) is 9.59 Å². The summed E-state index contributed by atoms with van der Waals surface area (Å²) in [6.45, 7) is 0. The van der Waals surface area contributed by atoms with E-state index >= 15 is 0 Å². The van der Waals surface area contributed by atoms with Crippen LogP contribution in [0.4, 0.5) is 5.69 Å². The predicted octanol–water partition coefficient (Wildman–Crippen LogP) is 6.20. The molecule has 0 atom stereocenters. The number of halogens is 2. The second kappa shape index (κ2) is 14.1. The molecule has 0 radical (unpaired) electrons. The molecule has 0 saturated carbocycles. The van der Waals surface area contributed by atoms with E-state index in [0.29, 0.717) is 27.5 Å². The molecule has 0 aliphatic carbocycles. The number of benzene rings is 4. The van der Waals surface area contributed by atoms with Gasteiger partial charge in [-0.1, -0.05) is 53.5 Å². The Bertz CT molecular complexity index is 1640. The Morgan fingerprint density at radius 3 is 2.14 bits per heavy atom. The van der Waals surface area contributed by atoms with E-state index in [0.717, 1.165) is 5.69 Å². The second-order valence-corrected chi connectivity index (χ2v) is 9.99. The van der Waals surface area contributed by atoms with Gasteiger partial charge in [0, 0.05) is 30.4 Å². The third kappa shape index (κ3) is 8.30. The number of hydrazone groups is 1. The quantitative estimate of drug-likeness (QED) is 0.0783. The Labute approximate surface area is 253 Å². The lowest BCUT2D eigenvalue weighted by Gasteiger charge is -2.12. The first-order valence-electron chi connectivity index (χ1n) is 12.7. The fraction of sp³-hybridized carbons (Fsp3) is 0.0625. The summed E-state index contributed by atoms with van der Waals surface area (Å²) in [7, 11) is 3.86. The van der Waals surface area contributed by atoms with E-state index in [1.807, 2.05) is 43.3 Å². The average molecular weight is 601 g/mol. The van der Waals surface area contributed by atoms with E-state index < -0.39 is 17.8 Å². The maximum atomic E-state index is 13.0. The van der Waals surface area contributed by atoms with Gasteiger partial charge in [0.05, 0.1) is 16.8 Å². The molecule has 2 amide bonds. The molecule has 4 aromatic carbocycles. The van der Waals surface area contributed by atoms with E-state index in [1.165, 1.54) is 18.3 Å². The first kappa shape index (κ1) is 30.0. The number of amides is 2. The molecular formula is C32H26Cl2N4O4. The second-order valence-electron chi connectivity index (χ2n) is 9.15.